The molecule has 2 aliphatic heterocycles. The highest BCUT2D eigenvalue weighted by molar-refractivity contribution is 5.83. The quantitative estimate of drug-likeness (QED) is 0.875. The van der Waals surface area contributed by atoms with E-state index in [9.17, 15) is 4.79 Å². The van der Waals surface area contributed by atoms with Crippen molar-refractivity contribution in [2.24, 2.45) is 0 Å². The van der Waals surface area contributed by atoms with Gasteiger partial charge in [0, 0.05) is 47.4 Å². The minimum atomic E-state index is 0.136. The lowest BCUT2D eigenvalue weighted by molar-refractivity contribution is 0.109. The van der Waals surface area contributed by atoms with Crippen molar-refractivity contribution in [3.8, 4) is 0 Å². The molecule has 2 aliphatic rings. The largest absolute Gasteiger partial charge is 0.376 e. The Bertz CT molecular complexity index is 729. The van der Waals surface area contributed by atoms with Crippen molar-refractivity contribution in [3.05, 3.63) is 39.7 Å². The number of aromatic amines is 1. The van der Waals surface area contributed by atoms with Gasteiger partial charge in [-0.3, -0.25) is 4.79 Å². The highest BCUT2D eigenvalue weighted by Gasteiger charge is 2.17. The van der Waals surface area contributed by atoms with Crippen LogP contribution in [0.1, 0.15) is 30.5 Å². The van der Waals surface area contributed by atoms with Crippen LogP contribution in [0.4, 0.5) is 5.69 Å². The predicted octanol–water partition coefficient (Wildman–Crippen LogP) is 2.59. The summed E-state index contributed by atoms with van der Waals surface area (Å²) < 4.78 is 5.44. The van der Waals surface area contributed by atoms with Crippen LogP contribution in [0.25, 0.3) is 10.9 Å². The highest BCUT2D eigenvalue weighted by Crippen LogP contribution is 2.24. The second-order valence-corrected chi connectivity index (χ2v) is 5.99. The molecule has 0 radical (unpaired) electrons. The molecule has 0 atom stereocenters. The van der Waals surface area contributed by atoms with Gasteiger partial charge in [-0.15, -0.1) is 0 Å². The SMILES string of the molecule is O=c1c2c([nH]c3ccc(N4CCCCC4)cc13)CCOC2. The predicted molar refractivity (Wildman–Crippen MR) is 84.0 cm³/mol. The molecule has 0 bridgehead atoms. The van der Waals surface area contributed by atoms with Gasteiger partial charge in [0.05, 0.1) is 13.2 Å². The smallest absolute Gasteiger partial charge is 0.195 e. The molecule has 4 rings (SSSR count). The molecule has 21 heavy (non-hydrogen) atoms. The standard InChI is InChI=1S/C17H20N2O2/c20-17-13-10-12(19-7-2-1-3-8-19)4-5-15(13)18-16-6-9-21-11-14(16)17/h4-5,10H,1-3,6-9,11H2,(H,18,20). The maximum absolute atomic E-state index is 12.7. The Morgan fingerprint density at radius 2 is 2.00 bits per heavy atom. The molecule has 0 saturated carbocycles. The molecular formula is C17H20N2O2. The van der Waals surface area contributed by atoms with E-state index in [2.05, 4.69) is 22.0 Å². The molecule has 4 nitrogen and oxygen atoms in total. The number of nitrogens with one attached hydrogen (secondary N) is 1. The zero-order valence-corrected chi connectivity index (χ0v) is 12.2. The lowest BCUT2D eigenvalue weighted by Gasteiger charge is -2.29. The molecule has 2 aromatic rings. The van der Waals surface area contributed by atoms with Gasteiger partial charge in [-0.2, -0.15) is 0 Å². The summed E-state index contributed by atoms with van der Waals surface area (Å²) in [6.45, 7) is 3.32. The summed E-state index contributed by atoms with van der Waals surface area (Å²) >= 11 is 0. The van der Waals surface area contributed by atoms with Gasteiger partial charge in [0.2, 0.25) is 0 Å². The molecule has 4 heteroatoms. The number of piperidine rings is 1. The molecule has 1 aromatic carbocycles. The number of ether oxygens (including phenoxy) is 1. The van der Waals surface area contributed by atoms with E-state index in [1.54, 1.807) is 0 Å². The van der Waals surface area contributed by atoms with Crippen LogP contribution < -0.4 is 10.3 Å². The van der Waals surface area contributed by atoms with Crippen LogP contribution in [-0.4, -0.2) is 24.7 Å². The van der Waals surface area contributed by atoms with Gasteiger partial charge in [0.15, 0.2) is 5.43 Å². The van der Waals surface area contributed by atoms with E-state index in [1.165, 1.54) is 24.9 Å². The topological polar surface area (TPSA) is 45.3 Å². The first-order chi connectivity index (χ1) is 10.3. The van der Waals surface area contributed by atoms with Crippen LogP contribution in [0.5, 0.6) is 0 Å². The fraction of sp³-hybridized carbons (Fsp3) is 0.471. The number of fused-ring (bicyclic) bond motifs is 2. The van der Waals surface area contributed by atoms with Gasteiger partial charge in [-0.25, -0.2) is 0 Å². The monoisotopic (exact) mass is 284 g/mol. The first-order valence-electron chi connectivity index (χ1n) is 7.83. The number of hydrogen-bond acceptors (Lipinski definition) is 3. The summed E-state index contributed by atoms with van der Waals surface area (Å²) in [4.78, 5) is 18.5. The average Bonchev–Trinajstić information content (AvgIpc) is 2.56. The minimum Gasteiger partial charge on any atom is -0.376 e. The van der Waals surface area contributed by atoms with Crippen molar-refractivity contribution in [1.29, 1.82) is 0 Å². The third-order valence-electron chi connectivity index (χ3n) is 4.64. The van der Waals surface area contributed by atoms with Gasteiger partial charge < -0.3 is 14.6 Å². The summed E-state index contributed by atoms with van der Waals surface area (Å²) in [5, 5.41) is 0.794. The van der Waals surface area contributed by atoms with Crippen molar-refractivity contribution < 1.29 is 4.74 Å². The number of pyridine rings is 1. The third-order valence-corrected chi connectivity index (χ3v) is 4.64. The lowest BCUT2D eigenvalue weighted by atomic mass is 10.0. The number of aromatic nitrogens is 1. The summed E-state index contributed by atoms with van der Waals surface area (Å²) in [6, 6.07) is 6.24. The van der Waals surface area contributed by atoms with Crippen molar-refractivity contribution in [1.82, 2.24) is 4.98 Å². The second-order valence-electron chi connectivity index (χ2n) is 5.99. The minimum absolute atomic E-state index is 0.136. The fourth-order valence-electron chi connectivity index (χ4n) is 3.43. The molecule has 0 amide bonds. The first kappa shape index (κ1) is 12.9. The molecule has 0 spiro atoms. The Balaban J connectivity index is 1.83. The molecular weight excluding hydrogens is 264 g/mol. The maximum Gasteiger partial charge on any atom is 0.195 e. The first-order valence-corrected chi connectivity index (χ1v) is 7.83. The van der Waals surface area contributed by atoms with Crippen LogP contribution in [0.3, 0.4) is 0 Å². The molecule has 3 heterocycles. The molecule has 0 unspecified atom stereocenters. The molecule has 110 valence electrons. The number of anilines is 1. The van der Waals surface area contributed by atoms with Gasteiger partial charge in [0.25, 0.3) is 0 Å². The Morgan fingerprint density at radius 1 is 1.14 bits per heavy atom. The Morgan fingerprint density at radius 3 is 2.86 bits per heavy atom. The van der Waals surface area contributed by atoms with E-state index in [0.717, 1.165) is 41.7 Å². The number of hydrogen-bond donors (Lipinski definition) is 1. The van der Waals surface area contributed by atoms with Crippen molar-refractivity contribution in [2.45, 2.75) is 32.3 Å². The Hall–Kier alpha value is -1.81. The van der Waals surface area contributed by atoms with Crippen molar-refractivity contribution >= 4 is 16.6 Å². The molecule has 1 aromatic heterocycles. The van der Waals surface area contributed by atoms with Crippen LogP contribution >= 0.6 is 0 Å². The second kappa shape index (κ2) is 5.19. The van der Waals surface area contributed by atoms with E-state index in [0.29, 0.717) is 13.2 Å². The summed E-state index contributed by atoms with van der Waals surface area (Å²) in [5.41, 5.74) is 4.11. The molecule has 0 aliphatic carbocycles. The van der Waals surface area contributed by atoms with E-state index >= 15 is 0 Å². The summed E-state index contributed by atoms with van der Waals surface area (Å²) in [7, 11) is 0. The summed E-state index contributed by atoms with van der Waals surface area (Å²) in [5.74, 6) is 0. The van der Waals surface area contributed by atoms with Crippen molar-refractivity contribution in [2.75, 3.05) is 24.6 Å². The zero-order chi connectivity index (χ0) is 14.2. The Labute approximate surface area is 123 Å². The maximum atomic E-state index is 12.7. The third kappa shape index (κ3) is 2.23. The van der Waals surface area contributed by atoms with Gasteiger partial charge >= 0.3 is 0 Å². The Kier molecular flexibility index (Phi) is 3.19. The molecule has 1 N–H and O–H groups in total. The van der Waals surface area contributed by atoms with Crippen LogP contribution in [0, 0.1) is 0 Å². The lowest BCUT2D eigenvalue weighted by Crippen LogP contribution is -2.29. The van der Waals surface area contributed by atoms with E-state index in [-0.39, 0.29) is 5.43 Å². The molecule has 1 fully saturated rings. The fourth-order valence-corrected chi connectivity index (χ4v) is 3.43. The van der Waals surface area contributed by atoms with E-state index < -0.39 is 0 Å². The number of nitrogens with zero attached hydrogens (tertiary/aromatic N) is 1. The molecule has 1 saturated heterocycles. The van der Waals surface area contributed by atoms with E-state index in [4.69, 9.17) is 4.74 Å². The van der Waals surface area contributed by atoms with Crippen LogP contribution in [0.15, 0.2) is 23.0 Å². The number of H-pyrrole nitrogens is 1. The van der Waals surface area contributed by atoms with Gasteiger partial charge in [0.1, 0.15) is 0 Å². The normalized spacial score (nSPS) is 18.8. The zero-order valence-electron chi connectivity index (χ0n) is 12.2. The van der Waals surface area contributed by atoms with Gasteiger partial charge in [-0.1, -0.05) is 0 Å². The highest BCUT2D eigenvalue weighted by atomic mass is 16.5. The number of rotatable bonds is 1. The van der Waals surface area contributed by atoms with Crippen LogP contribution in [-0.2, 0) is 17.8 Å². The van der Waals surface area contributed by atoms with Gasteiger partial charge in [-0.05, 0) is 37.5 Å². The van der Waals surface area contributed by atoms with Crippen LogP contribution in [0.2, 0.25) is 0 Å². The number of benzene rings is 1. The van der Waals surface area contributed by atoms with Crippen molar-refractivity contribution in [3.63, 3.8) is 0 Å². The summed E-state index contributed by atoms with van der Waals surface area (Å²) in [6.07, 6.45) is 4.60. The average molecular weight is 284 g/mol. The van der Waals surface area contributed by atoms with E-state index in [1.807, 2.05) is 6.07 Å².